The van der Waals surface area contributed by atoms with E-state index in [0.29, 0.717) is 35.3 Å². The van der Waals surface area contributed by atoms with Crippen LogP contribution >= 0.6 is 11.6 Å². The quantitative estimate of drug-likeness (QED) is 0.878. The predicted molar refractivity (Wildman–Crippen MR) is 74.0 cm³/mol. The Hall–Kier alpha value is -1.63. The van der Waals surface area contributed by atoms with Crippen LogP contribution in [0, 0.1) is 0 Å². The summed E-state index contributed by atoms with van der Waals surface area (Å²) in [6.45, 7) is 0.998. The molecule has 0 aliphatic rings. The van der Waals surface area contributed by atoms with Gasteiger partial charge in [0.05, 0.1) is 37.2 Å². The summed E-state index contributed by atoms with van der Waals surface area (Å²) in [5.41, 5.74) is 1.14. The normalized spacial score (nSPS) is 12.4. The van der Waals surface area contributed by atoms with Crippen LogP contribution in [0.1, 0.15) is 17.4 Å². The third-order valence-electron chi connectivity index (χ3n) is 2.88. The fourth-order valence-corrected chi connectivity index (χ4v) is 2.08. The van der Waals surface area contributed by atoms with Crippen molar-refractivity contribution in [1.29, 1.82) is 0 Å². The molecular weight excluding hydrogens is 282 g/mol. The highest BCUT2D eigenvalue weighted by atomic mass is 35.5. The highest BCUT2D eigenvalue weighted by Gasteiger charge is 2.20. The van der Waals surface area contributed by atoms with Gasteiger partial charge in [-0.2, -0.15) is 5.10 Å². The minimum atomic E-state index is -0.903. The zero-order valence-corrected chi connectivity index (χ0v) is 12.0. The zero-order chi connectivity index (χ0) is 14.5. The number of hydrogen-bond acceptors (Lipinski definition) is 5. The summed E-state index contributed by atoms with van der Waals surface area (Å²) in [4.78, 5) is 4.07. The summed E-state index contributed by atoms with van der Waals surface area (Å²) >= 11 is 6.10. The van der Waals surface area contributed by atoms with Gasteiger partial charge in [0.2, 0.25) is 5.88 Å². The number of aromatic nitrogens is 3. The van der Waals surface area contributed by atoms with Crippen LogP contribution in [-0.2, 0) is 11.3 Å². The number of ether oxygens (including phenoxy) is 2. The lowest BCUT2D eigenvalue weighted by Crippen LogP contribution is -2.13. The van der Waals surface area contributed by atoms with Crippen LogP contribution in [0.2, 0.25) is 5.02 Å². The average Bonchev–Trinajstić information content (AvgIpc) is 2.85. The topological polar surface area (TPSA) is 69.4 Å². The number of aliphatic hydroxyl groups excluding tert-OH is 1. The number of hydrogen-bond donors (Lipinski definition) is 1. The van der Waals surface area contributed by atoms with Crippen molar-refractivity contribution in [1.82, 2.24) is 14.8 Å². The molecule has 108 valence electrons. The van der Waals surface area contributed by atoms with Gasteiger partial charge in [-0.25, -0.2) is 4.98 Å². The summed E-state index contributed by atoms with van der Waals surface area (Å²) in [5, 5.41) is 15.0. The summed E-state index contributed by atoms with van der Waals surface area (Å²) in [6.07, 6.45) is 2.15. The smallest absolute Gasteiger partial charge is 0.212 e. The van der Waals surface area contributed by atoms with Gasteiger partial charge in [0.1, 0.15) is 6.10 Å². The van der Waals surface area contributed by atoms with Gasteiger partial charge in [-0.1, -0.05) is 11.6 Å². The van der Waals surface area contributed by atoms with E-state index in [9.17, 15) is 5.11 Å². The maximum atomic E-state index is 10.4. The Kier molecular flexibility index (Phi) is 4.94. The van der Waals surface area contributed by atoms with Crippen molar-refractivity contribution < 1.29 is 14.6 Å². The van der Waals surface area contributed by atoms with Crippen LogP contribution in [0.4, 0.5) is 0 Å². The number of nitrogens with zero attached hydrogens (tertiary/aromatic N) is 3. The first kappa shape index (κ1) is 14.8. The summed E-state index contributed by atoms with van der Waals surface area (Å²) in [5.74, 6) is 0.486. The minimum Gasteiger partial charge on any atom is -0.481 e. The third kappa shape index (κ3) is 3.09. The molecule has 0 spiro atoms. The summed E-state index contributed by atoms with van der Waals surface area (Å²) < 4.78 is 11.6. The molecule has 0 saturated heterocycles. The van der Waals surface area contributed by atoms with Gasteiger partial charge in [-0.15, -0.1) is 0 Å². The van der Waals surface area contributed by atoms with E-state index in [2.05, 4.69) is 10.1 Å². The second-order valence-electron chi connectivity index (χ2n) is 4.13. The van der Waals surface area contributed by atoms with E-state index >= 15 is 0 Å². The third-order valence-corrected chi connectivity index (χ3v) is 3.17. The van der Waals surface area contributed by atoms with Crippen molar-refractivity contribution >= 4 is 11.6 Å². The van der Waals surface area contributed by atoms with E-state index in [-0.39, 0.29) is 0 Å². The fraction of sp³-hybridized carbons (Fsp3) is 0.385. The number of aliphatic hydroxyl groups is 1. The standard InChI is InChI=1S/C13H16ClN3O3/c1-19-6-5-17-12(10(14)8-16-17)13(18)9-3-4-11(20-2)15-7-9/h3-4,7-8,13,18H,5-6H2,1-2H3. The number of halogens is 1. The van der Waals surface area contributed by atoms with E-state index < -0.39 is 6.10 Å². The minimum absolute atomic E-state index is 0.407. The Morgan fingerprint density at radius 3 is 2.75 bits per heavy atom. The number of methoxy groups -OCH3 is 2. The van der Waals surface area contributed by atoms with Crippen LogP contribution in [-0.4, -0.2) is 40.7 Å². The molecule has 2 aromatic rings. The summed E-state index contributed by atoms with van der Waals surface area (Å²) in [7, 11) is 3.14. The lowest BCUT2D eigenvalue weighted by Gasteiger charge is -2.14. The monoisotopic (exact) mass is 297 g/mol. The van der Waals surface area contributed by atoms with Crippen molar-refractivity contribution in [2.75, 3.05) is 20.8 Å². The molecular formula is C13H16ClN3O3. The molecule has 0 aliphatic carbocycles. The Morgan fingerprint density at radius 1 is 1.35 bits per heavy atom. The van der Waals surface area contributed by atoms with Crippen molar-refractivity contribution in [3.8, 4) is 5.88 Å². The lowest BCUT2D eigenvalue weighted by molar-refractivity contribution is 0.171. The molecule has 2 aromatic heterocycles. The van der Waals surface area contributed by atoms with Gasteiger partial charge in [-0.05, 0) is 6.07 Å². The Morgan fingerprint density at radius 2 is 2.15 bits per heavy atom. The Balaban J connectivity index is 2.26. The first-order valence-electron chi connectivity index (χ1n) is 6.05. The molecule has 0 aliphatic heterocycles. The fourth-order valence-electron chi connectivity index (χ4n) is 1.83. The van der Waals surface area contributed by atoms with Crippen LogP contribution < -0.4 is 4.74 Å². The second-order valence-corrected chi connectivity index (χ2v) is 4.54. The Bertz CT molecular complexity index is 556. The zero-order valence-electron chi connectivity index (χ0n) is 11.3. The van der Waals surface area contributed by atoms with Crippen molar-refractivity contribution in [2.24, 2.45) is 0 Å². The summed E-state index contributed by atoms with van der Waals surface area (Å²) in [6, 6.07) is 3.42. The predicted octanol–water partition coefficient (Wildman–Crippen LogP) is 1.67. The lowest BCUT2D eigenvalue weighted by atomic mass is 10.1. The van der Waals surface area contributed by atoms with Gasteiger partial charge in [0, 0.05) is 24.9 Å². The molecule has 0 aromatic carbocycles. The molecule has 0 amide bonds. The number of rotatable bonds is 6. The number of pyridine rings is 1. The van der Waals surface area contributed by atoms with Gasteiger partial charge in [0.25, 0.3) is 0 Å². The van der Waals surface area contributed by atoms with E-state index in [1.807, 2.05) is 0 Å². The van der Waals surface area contributed by atoms with E-state index in [0.717, 1.165) is 0 Å². The molecule has 2 heterocycles. The second kappa shape index (κ2) is 6.69. The highest BCUT2D eigenvalue weighted by molar-refractivity contribution is 6.31. The Labute approximate surface area is 121 Å². The van der Waals surface area contributed by atoms with E-state index in [1.54, 1.807) is 30.1 Å². The maximum Gasteiger partial charge on any atom is 0.212 e. The molecule has 2 rings (SSSR count). The van der Waals surface area contributed by atoms with Crippen LogP contribution in [0.5, 0.6) is 5.88 Å². The van der Waals surface area contributed by atoms with Gasteiger partial charge in [0.15, 0.2) is 0 Å². The maximum absolute atomic E-state index is 10.4. The highest BCUT2D eigenvalue weighted by Crippen LogP contribution is 2.28. The molecule has 0 radical (unpaired) electrons. The van der Waals surface area contributed by atoms with Crippen LogP contribution in [0.25, 0.3) is 0 Å². The molecule has 7 heteroatoms. The van der Waals surface area contributed by atoms with Gasteiger partial charge in [-0.3, -0.25) is 4.68 Å². The molecule has 0 bridgehead atoms. The van der Waals surface area contributed by atoms with Crippen molar-refractivity contribution in [2.45, 2.75) is 12.6 Å². The molecule has 0 fully saturated rings. The van der Waals surface area contributed by atoms with Gasteiger partial charge < -0.3 is 14.6 Å². The average molecular weight is 298 g/mol. The first-order chi connectivity index (χ1) is 9.67. The molecule has 1 N–H and O–H groups in total. The molecule has 20 heavy (non-hydrogen) atoms. The molecule has 0 saturated carbocycles. The SMILES string of the molecule is COCCn1ncc(Cl)c1C(O)c1ccc(OC)nc1. The van der Waals surface area contributed by atoms with Crippen LogP contribution in [0.3, 0.4) is 0 Å². The van der Waals surface area contributed by atoms with Crippen LogP contribution in [0.15, 0.2) is 24.5 Å². The molecule has 6 nitrogen and oxygen atoms in total. The molecule has 1 atom stereocenters. The van der Waals surface area contributed by atoms with Gasteiger partial charge >= 0.3 is 0 Å². The molecule has 1 unspecified atom stereocenters. The van der Waals surface area contributed by atoms with E-state index in [1.165, 1.54) is 13.3 Å². The van der Waals surface area contributed by atoms with Crippen molar-refractivity contribution in [3.05, 3.63) is 40.8 Å². The largest absolute Gasteiger partial charge is 0.481 e. The van der Waals surface area contributed by atoms with E-state index in [4.69, 9.17) is 21.1 Å². The first-order valence-corrected chi connectivity index (χ1v) is 6.43. The van der Waals surface area contributed by atoms with Crippen molar-refractivity contribution in [3.63, 3.8) is 0 Å².